The van der Waals surface area contributed by atoms with E-state index in [1.807, 2.05) is 13.8 Å². The van der Waals surface area contributed by atoms with Crippen LogP contribution in [0.15, 0.2) is 23.3 Å². The fourth-order valence-electron chi connectivity index (χ4n) is 2.42. The minimum Gasteiger partial charge on any atom is -0.344 e. The summed E-state index contributed by atoms with van der Waals surface area (Å²) in [4.78, 5) is 40.3. The number of benzene rings is 1. The van der Waals surface area contributed by atoms with Gasteiger partial charge < -0.3 is 5.32 Å². The van der Waals surface area contributed by atoms with Gasteiger partial charge in [0.1, 0.15) is 6.54 Å². The van der Waals surface area contributed by atoms with E-state index in [-0.39, 0.29) is 28.7 Å². The lowest BCUT2D eigenvalue weighted by molar-refractivity contribution is -0.128. The molecule has 1 atom stereocenters. The van der Waals surface area contributed by atoms with Crippen LogP contribution in [0.1, 0.15) is 20.8 Å². The maximum atomic E-state index is 12.5. The molecule has 0 saturated carbocycles. The molecule has 2 aromatic rings. The number of nitrogens with one attached hydrogen (secondary N) is 1. The van der Waals surface area contributed by atoms with Gasteiger partial charge in [-0.25, -0.2) is 4.98 Å². The zero-order valence-corrected chi connectivity index (χ0v) is 15.0. The van der Waals surface area contributed by atoms with Gasteiger partial charge in [-0.3, -0.25) is 19.0 Å². The maximum Gasteiger partial charge on any atom is 0.261 e. The van der Waals surface area contributed by atoms with Crippen LogP contribution >= 0.6 is 23.2 Å². The molecule has 1 aromatic carbocycles. The Bertz CT molecular complexity index is 862. The summed E-state index contributed by atoms with van der Waals surface area (Å²) in [6, 6.07) is 2.36. The molecule has 2 rings (SSSR count). The molecule has 1 unspecified atom stereocenters. The van der Waals surface area contributed by atoms with E-state index in [2.05, 4.69) is 10.3 Å². The number of carbonyl (C=O) groups excluding carboxylic acids is 2. The van der Waals surface area contributed by atoms with E-state index in [1.54, 1.807) is 0 Å². The van der Waals surface area contributed by atoms with Crippen molar-refractivity contribution in [3.63, 3.8) is 0 Å². The SMILES string of the molecule is CC(=O)C(NC(=O)Cn1cnc2c(Cl)cc(Cl)cc2c1=O)C(C)C. The van der Waals surface area contributed by atoms with Gasteiger partial charge >= 0.3 is 0 Å². The Kier molecular flexibility index (Phi) is 5.62. The predicted molar refractivity (Wildman–Crippen MR) is 93.5 cm³/mol. The molecule has 0 spiro atoms. The average Bonchev–Trinajstić information content (AvgIpc) is 2.47. The van der Waals surface area contributed by atoms with Crippen molar-refractivity contribution >= 4 is 45.8 Å². The molecular weight excluding hydrogens is 353 g/mol. The first-order valence-corrected chi connectivity index (χ1v) is 8.10. The molecule has 1 heterocycles. The van der Waals surface area contributed by atoms with E-state index in [1.165, 1.54) is 25.4 Å². The van der Waals surface area contributed by atoms with Crippen molar-refractivity contribution < 1.29 is 9.59 Å². The van der Waals surface area contributed by atoms with Crippen LogP contribution in [0.5, 0.6) is 0 Å². The summed E-state index contributed by atoms with van der Waals surface area (Å²) >= 11 is 11.9. The molecule has 0 aliphatic rings. The van der Waals surface area contributed by atoms with Crippen LogP contribution in [0.4, 0.5) is 0 Å². The number of nitrogens with zero attached hydrogens (tertiary/aromatic N) is 2. The number of carbonyl (C=O) groups is 2. The minimum absolute atomic E-state index is 0.0458. The van der Waals surface area contributed by atoms with E-state index in [9.17, 15) is 14.4 Å². The van der Waals surface area contributed by atoms with Crippen LogP contribution in [0.2, 0.25) is 10.0 Å². The number of hydrogen-bond donors (Lipinski definition) is 1. The highest BCUT2D eigenvalue weighted by Crippen LogP contribution is 2.23. The van der Waals surface area contributed by atoms with Crippen molar-refractivity contribution in [3.8, 4) is 0 Å². The Morgan fingerprint density at radius 2 is 1.96 bits per heavy atom. The van der Waals surface area contributed by atoms with Crippen molar-refractivity contribution in [2.75, 3.05) is 0 Å². The van der Waals surface area contributed by atoms with Crippen LogP contribution in [0.25, 0.3) is 10.9 Å². The number of Topliss-reactive ketones (excluding diaryl/α,β-unsaturated/α-hetero) is 1. The molecule has 0 aliphatic carbocycles. The average molecular weight is 370 g/mol. The Labute approximate surface area is 148 Å². The lowest BCUT2D eigenvalue weighted by Crippen LogP contribution is -2.45. The van der Waals surface area contributed by atoms with Gasteiger partial charge in [-0.05, 0) is 25.0 Å². The van der Waals surface area contributed by atoms with Crippen LogP contribution < -0.4 is 10.9 Å². The number of amides is 1. The van der Waals surface area contributed by atoms with Crippen molar-refractivity contribution in [1.29, 1.82) is 0 Å². The first kappa shape index (κ1) is 18.4. The lowest BCUT2D eigenvalue weighted by atomic mass is 10.0. The summed E-state index contributed by atoms with van der Waals surface area (Å²) in [7, 11) is 0. The number of fused-ring (bicyclic) bond motifs is 1. The van der Waals surface area contributed by atoms with E-state index in [0.29, 0.717) is 10.5 Å². The molecular formula is C16H17Cl2N3O3. The fraction of sp³-hybridized carbons (Fsp3) is 0.375. The molecule has 6 nitrogen and oxygen atoms in total. The standard InChI is InChI=1S/C16H17Cl2N3O3/c1-8(2)14(9(3)22)20-13(23)6-21-7-19-15-11(16(21)24)4-10(17)5-12(15)18/h4-5,7-8,14H,6H2,1-3H3,(H,20,23). The Hall–Kier alpha value is -1.92. The zero-order chi connectivity index (χ0) is 18.0. The highest BCUT2D eigenvalue weighted by molar-refractivity contribution is 6.38. The fourth-order valence-corrected chi connectivity index (χ4v) is 2.96. The van der Waals surface area contributed by atoms with E-state index in [0.717, 1.165) is 4.57 Å². The van der Waals surface area contributed by atoms with Gasteiger partial charge in [-0.2, -0.15) is 0 Å². The van der Waals surface area contributed by atoms with Crippen molar-refractivity contribution in [3.05, 3.63) is 38.9 Å². The molecule has 8 heteroatoms. The quantitative estimate of drug-likeness (QED) is 0.877. The van der Waals surface area contributed by atoms with Gasteiger partial charge in [-0.1, -0.05) is 37.0 Å². The van der Waals surface area contributed by atoms with Gasteiger partial charge in [0.2, 0.25) is 5.91 Å². The van der Waals surface area contributed by atoms with Gasteiger partial charge in [0.25, 0.3) is 5.56 Å². The Balaban J connectivity index is 2.30. The molecule has 0 fully saturated rings. The summed E-state index contributed by atoms with van der Waals surface area (Å²) in [5.41, 5.74) is -0.102. The van der Waals surface area contributed by atoms with Crippen LogP contribution in [0.3, 0.4) is 0 Å². The summed E-state index contributed by atoms with van der Waals surface area (Å²) in [6.45, 7) is 4.83. The number of ketones is 1. The third-order valence-electron chi connectivity index (χ3n) is 3.58. The normalized spacial score (nSPS) is 12.4. The van der Waals surface area contributed by atoms with Gasteiger partial charge in [0.15, 0.2) is 5.78 Å². The van der Waals surface area contributed by atoms with E-state index in [4.69, 9.17) is 23.2 Å². The maximum absolute atomic E-state index is 12.5. The smallest absolute Gasteiger partial charge is 0.261 e. The largest absolute Gasteiger partial charge is 0.344 e. The second kappa shape index (κ2) is 7.32. The van der Waals surface area contributed by atoms with Crippen LogP contribution in [-0.2, 0) is 16.1 Å². The van der Waals surface area contributed by atoms with Crippen LogP contribution in [0, 0.1) is 5.92 Å². The van der Waals surface area contributed by atoms with E-state index < -0.39 is 17.5 Å². The molecule has 1 aromatic heterocycles. The van der Waals surface area contributed by atoms with Crippen molar-refractivity contribution in [2.24, 2.45) is 5.92 Å². The number of halogens is 2. The predicted octanol–water partition coefficient (Wildman–Crippen LogP) is 2.43. The van der Waals surface area contributed by atoms with Gasteiger partial charge in [0.05, 0.1) is 28.3 Å². The summed E-state index contributed by atoms with van der Waals surface area (Å²) in [6.07, 6.45) is 1.25. The zero-order valence-electron chi connectivity index (χ0n) is 13.5. The molecule has 0 bridgehead atoms. The van der Waals surface area contributed by atoms with E-state index >= 15 is 0 Å². The summed E-state index contributed by atoms with van der Waals surface area (Å²) in [5, 5.41) is 3.44. The number of hydrogen-bond acceptors (Lipinski definition) is 4. The number of rotatable bonds is 5. The highest BCUT2D eigenvalue weighted by Gasteiger charge is 2.21. The first-order valence-electron chi connectivity index (χ1n) is 7.34. The Morgan fingerprint density at radius 1 is 1.29 bits per heavy atom. The third kappa shape index (κ3) is 3.94. The van der Waals surface area contributed by atoms with Gasteiger partial charge in [0, 0.05) is 5.02 Å². The lowest BCUT2D eigenvalue weighted by Gasteiger charge is -2.19. The Morgan fingerprint density at radius 3 is 2.54 bits per heavy atom. The molecule has 1 N–H and O–H groups in total. The molecule has 128 valence electrons. The molecule has 0 aliphatic heterocycles. The first-order chi connectivity index (χ1) is 11.2. The monoisotopic (exact) mass is 369 g/mol. The molecule has 24 heavy (non-hydrogen) atoms. The third-order valence-corrected chi connectivity index (χ3v) is 4.09. The second-order valence-corrected chi connectivity index (χ2v) is 6.70. The highest BCUT2D eigenvalue weighted by atomic mass is 35.5. The molecule has 0 radical (unpaired) electrons. The summed E-state index contributed by atoms with van der Waals surface area (Å²) < 4.78 is 1.15. The molecule has 1 amide bonds. The minimum atomic E-state index is -0.592. The van der Waals surface area contributed by atoms with Crippen LogP contribution in [-0.4, -0.2) is 27.3 Å². The number of aromatic nitrogens is 2. The molecule has 0 saturated heterocycles. The topological polar surface area (TPSA) is 81.1 Å². The van der Waals surface area contributed by atoms with Crippen molar-refractivity contribution in [1.82, 2.24) is 14.9 Å². The van der Waals surface area contributed by atoms with Crippen molar-refractivity contribution in [2.45, 2.75) is 33.4 Å². The second-order valence-electron chi connectivity index (χ2n) is 5.86. The summed E-state index contributed by atoms with van der Waals surface area (Å²) in [5.74, 6) is -0.628. The van der Waals surface area contributed by atoms with Gasteiger partial charge in [-0.15, -0.1) is 0 Å².